The van der Waals surface area contributed by atoms with E-state index in [0.29, 0.717) is 0 Å². The zero-order chi connectivity index (χ0) is 26.2. The molecule has 0 spiro atoms. The lowest BCUT2D eigenvalue weighted by molar-refractivity contribution is 0.0790. The monoisotopic (exact) mass is 504 g/mol. The second-order valence-corrected chi connectivity index (χ2v) is 9.18. The number of carbonyl (C=O) groups excluding carboxylic acids is 1. The van der Waals surface area contributed by atoms with E-state index < -0.39 is 19.2 Å². The molecule has 1 aromatic heterocycles. The van der Waals surface area contributed by atoms with Crippen LogP contribution in [0.2, 0.25) is 0 Å². The largest absolute Gasteiger partial charge is 0.692 e. The van der Waals surface area contributed by atoms with Crippen LogP contribution >= 0.6 is 8.25 Å². The van der Waals surface area contributed by atoms with Gasteiger partial charge in [0, 0.05) is 9.98 Å². The van der Waals surface area contributed by atoms with Crippen molar-refractivity contribution in [2.75, 3.05) is 0 Å². The molecule has 0 amide bonds. The van der Waals surface area contributed by atoms with Crippen molar-refractivity contribution in [2.45, 2.75) is 39.2 Å². The molecular weight excluding hydrogens is 473 g/mol. The Hall–Kier alpha value is -3.51. The van der Waals surface area contributed by atoms with Gasteiger partial charge in [-0.15, -0.1) is 14.9 Å². The first-order chi connectivity index (χ1) is 17.3. The summed E-state index contributed by atoms with van der Waals surface area (Å²) in [4.78, 5) is 32.1. The number of carbonyl (C=O) groups is 1. The summed E-state index contributed by atoms with van der Waals surface area (Å²) < 4.78 is 10.6. The van der Waals surface area contributed by atoms with Crippen LogP contribution < -0.4 is 0 Å². The molecule has 4 aromatic rings. The average molecular weight is 505 g/mol. The Morgan fingerprint density at radius 3 is 1.50 bits per heavy atom. The number of ketones is 1. The summed E-state index contributed by atoms with van der Waals surface area (Å²) >= 11 is 0. The summed E-state index contributed by atoms with van der Waals surface area (Å²) in [7, 11) is -2.87. The lowest BCUT2D eigenvalue weighted by atomic mass is 9.77. The molecule has 8 heteroatoms. The van der Waals surface area contributed by atoms with Crippen LogP contribution in [0.3, 0.4) is 0 Å². The Morgan fingerprint density at radius 2 is 1.17 bits per heavy atom. The Kier molecular flexibility index (Phi) is 8.99. The molecule has 0 aliphatic rings. The van der Waals surface area contributed by atoms with Gasteiger partial charge in [0.25, 0.3) is 0 Å². The zero-order valence-electron chi connectivity index (χ0n) is 20.7. The van der Waals surface area contributed by atoms with Crippen molar-refractivity contribution in [2.24, 2.45) is 5.41 Å². The molecule has 0 atom stereocenters. The van der Waals surface area contributed by atoms with Crippen LogP contribution in [0.15, 0.2) is 97.3 Å². The number of hydrogen-bond donors (Lipinski definition) is 2. The molecule has 0 radical (unpaired) electrons. The minimum Gasteiger partial charge on any atom is -0.290 e. The van der Waals surface area contributed by atoms with E-state index in [1.807, 2.05) is 80.1 Å². The molecule has 4 rings (SSSR count). The van der Waals surface area contributed by atoms with E-state index in [1.165, 1.54) is 0 Å². The highest BCUT2D eigenvalue weighted by Gasteiger charge is 2.41. The average Bonchev–Trinajstić information content (AvgIpc) is 3.40. The Balaban J connectivity index is 0.000000840. The normalized spacial score (nSPS) is 11.4. The van der Waals surface area contributed by atoms with Crippen molar-refractivity contribution in [3.63, 3.8) is 0 Å². The number of rotatable bonds is 8. The molecule has 1 heterocycles. The Morgan fingerprint density at radius 1 is 0.806 bits per heavy atom. The second kappa shape index (κ2) is 12.0. The van der Waals surface area contributed by atoms with Crippen LogP contribution in [0, 0.1) is 5.41 Å². The number of Topliss-reactive ketones (excluding diaryl/α,β-unsaturated/α-hetero) is 1. The van der Waals surface area contributed by atoms with Crippen molar-refractivity contribution in [1.29, 1.82) is 0 Å². The summed E-state index contributed by atoms with van der Waals surface area (Å²) in [6, 6.07) is 30.8. The third-order valence-corrected chi connectivity index (χ3v) is 6.72. The van der Waals surface area contributed by atoms with Crippen LogP contribution in [-0.4, -0.2) is 30.3 Å². The van der Waals surface area contributed by atoms with Crippen molar-refractivity contribution in [1.82, 2.24) is 14.8 Å². The van der Waals surface area contributed by atoms with Gasteiger partial charge in [-0.25, -0.2) is 9.67 Å². The summed E-state index contributed by atoms with van der Waals surface area (Å²) in [6.07, 6.45) is 3.20. The van der Waals surface area contributed by atoms with Crippen molar-refractivity contribution in [3.8, 4) is 0 Å². The number of nitrogens with zero attached hydrogens (tertiary/aromatic N) is 3. The van der Waals surface area contributed by atoms with Crippen LogP contribution in [0.1, 0.15) is 60.9 Å². The molecule has 0 bridgehead atoms. The van der Waals surface area contributed by atoms with Gasteiger partial charge in [-0.3, -0.25) is 4.79 Å². The predicted molar refractivity (Wildman–Crippen MR) is 140 cm³/mol. The van der Waals surface area contributed by atoms with Crippen molar-refractivity contribution >= 4 is 14.0 Å². The van der Waals surface area contributed by atoms with E-state index in [0.717, 1.165) is 29.5 Å². The summed E-state index contributed by atoms with van der Waals surface area (Å²) in [5, 5.41) is 4.83. The highest BCUT2D eigenvalue weighted by molar-refractivity contribution is 7.30. The highest BCUT2D eigenvalue weighted by Crippen LogP contribution is 2.40. The zero-order valence-corrected chi connectivity index (χ0v) is 21.5. The molecule has 0 fully saturated rings. The molecule has 0 saturated carbocycles. The Bertz CT molecular complexity index is 1170. The van der Waals surface area contributed by atoms with Gasteiger partial charge in [0.2, 0.25) is 11.6 Å². The fraction of sp³-hybridized carbons (Fsp3) is 0.250. The van der Waals surface area contributed by atoms with Gasteiger partial charge in [-0.05, 0) is 29.5 Å². The molecule has 36 heavy (non-hydrogen) atoms. The topological polar surface area (TPSA) is 105 Å². The van der Waals surface area contributed by atoms with E-state index in [2.05, 4.69) is 41.4 Å². The van der Waals surface area contributed by atoms with Gasteiger partial charge in [0.15, 0.2) is 0 Å². The molecule has 0 unspecified atom stereocenters. The summed E-state index contributed by atoms with van der Waals surface area (Å²) in [5.74, 6) is 0.257. The maximum absolute atomic E-state index is 13.3. The molecule has 0 saturated heterocycles. The molecule has 3 aromatic carbocycles. The van der Waals surface area contributed by atoms with Crippen LogP contribution in [-0.2, 0) is 10.1 Å². The SMILES string of the molecule is CCC(C)(CC)C(=O)c1ncn(C(c2ccccc2)(c2ccccc2)c2ccccc2)n1.O=[P+](O)O. The van der Waals surface area contributed by atoms with Crippen LogP contribution in [0.5, 0.6) is 0 Å². The van der Waals surface area contributed by atoms with Gasteiger partial charge in [-0.1, -0.05) is 112 Å². The van der Waals surface area contributed by atoms with Gasteiger partial charge >= 0.3 is 8.25 Å². The first-order valence-electron chi connectivity index (χ1n) is 11.8. The third-order valence-electron chi connectivity index (χ3n) is 6.72. The lowest BCUT2D eigenvalue weighted by Gasteiger charge is -2.35. The number of aromatic nitrogens is 3. The maximum Gasteiger partial charge on any atom is 0.692 e. The summed E-state index contributed by atoms with van der Waals surface area (Å²) in [6.45, 7) is 6.08. The smallest absolute Gasteiger partial charge is 0.290 e. The van der Waals surface area contributed by atoms with E-state index in [4.69, 9.17) is 19.5 Å². The molecule has 0 aliphatic heterocycles. The van der Waals surface area contributed by atoms with Crippen molar-refractivity contribution in [3.05, 3.63) is 120 Å². The molecule has 186 valence electrons. The summed E-state index contributed by atoms with van der Waals surface area (Å²) in [5.41, 5.74) is 1.92. The molecule has 2 N–H and O–H groups in total. The van der Waals surface area contributed by atoms with Gasteiger partial charge in [0.1, 0.15) is 11.9 Å². The van der Waals surface area contributed by atoms with E-state index >= 15 is 0 Å². The Labute approximate surface area is 212 Å². The quantitative estimate of drug-likeness (QED) is 0.180. The molecular formula is C28H31N3O4P+. The predicted octanol–water partition coefficient (Wildman–Crippen LogP) is 5.76. The van der Waals surface area contributed by atoms with Gasteiger partial charge in [0.05, 0.1) is 0 Å². The van der Waals surface area contributed by atoms with Crippen LogP contribution in [0.4, 0.5) is 0 Å². The van der Waals surface area contributed by atoms with Crippen LogP contribution in [0.25, 0.3) is 0 Å². The fourth-order valence-electron chi connectivity index (χ4n) is 4.30. The van der Waals surface area contributed by atoms with E-state index in [1.54, 1.807) is 6.33 Å². The highest BCUT2D eigenvalue weighted by atomic mass is 31.1. The lowest BCUT2D eigenvalue weighted by Crippen LogP contribution is -2.38. The van der Waals surface area contributed by atoms with Gasteiger partial charge < -0.3 is 0 Å². The van der Waals surface area contributed by atoms with Crippen molar-refractivity contribution < 1.29 is 19.1 Å². The fourth-order valence-corrected chi connectivity index (χ4v) is 4.30. The third kappa shape index (κ3) is 5.49. The standard InChI is InChI=1S/C28H29N3O.HO3P/c1-4-27(3,5-2)25(32)26-29-21-31(30-26)28(22-15-9-6-10-16-22,23-17-11-7-12-18-23)24-19-13-8-14-20-24;1-4(2)3/h6-21H,4-5H2,1-3H3;(H-,1,2,3)/p+1. The first-order valence-corrected chi connectivity index (χ1v) is 12.9. The molecule has 0 aliphatic carbocycles. The van der Waals surface area contributed by atoms with Gasteiger partial charge in [-0.2, -0.15) is 0 Å². The maximum atomic E-state index is 13.3. The first kappa shape index (κ1) is 27.1. The van der Waals surface area contributed by atoms with E-state index in [9.17, 15) is 4.79 Å². The second-order valence-electron chi connectivity index (χ2n) is 8.67. The van der Waals surface area contributed by atoms with E-state index in [-0.39, 0.29) is 11.6 Å². The minimum atomic E-state index is -2.87. The number of benzene rings is 3. The minimum absolute atomic E-state index is 0.00987. The molecule has 7 nitrogen and oxygen atoms in total. The number of hydrogen-bond acceptors (Lipinski definition) is 4.